The Kier molecular flexibility index (Phi) is 6.78. The molecule has 0 atom stereocenters. The molecule has 0 fully saturated rings. The molecule has 50 valence electrons. The molecule has 0 bridgehead atoms. The number of hydrogen-bond acceptors (Lipinski definition) is 3. The summed E-state index contributed by atoms with van der Waals surface area (Å²) < 4.78 is 0. The average Bonchev–Trinajstić information content (AvgIpc) is 1.81. The number of rotatable bonds is 5. The molecule has 0 aromatic rings. The van der Waals surface area contributed by atoms with Crippen molar-refractivity contribution in [2.24, 2.45) is 0 Å². The van der Waals surface area contributed by atoms with Gasteiger partial charge in [-0.1, -0.05) is 6.92 Å². The van der Waals surface area contributed by atoms with Crippen LogP contribution in [0.25, 0.3) is 0 Å². The molecule has 0 heterocycles. The second-order valence-corrected chi connectivity index (χ2v) is 1.54. The lowest BCUT2D eigenvalue weighted by Crippen LogP contribution is -2.15. The first-order valence-electron chi connectivity index (χ1n) is 2.89. The third-order valence-electron chi connectivity index (χ3n) is 0.839. The molecule has 8 heavy (non-hydrogen) atoms. The van der Waals surface area contributed by atoms with Crippen molar-refractivity contribution in [1.29, 1.82) is 0 Å². The molecule has 3 nitrogen and oxygen atoms in total. The van der Waals surface area contributed by atoms with Crippen LogP contribution in [0, 0.1) is 0 Å². The van der Waals surface area contributed by atoms with Gasteiger partial charge >= 0.3 is 0 Å². The van der Waals surface area contributed by atoms with Crippen LogP contribution in [-0.2, 0) is 4.89 Å². The fourth-order valence-electron chi connectivity index (χ4n) is 0.438. The second-order valence-electron chi connectivity index (χ2n) is 1.54. The van der Waals surface area contributed by atoms with Gasteiger partial charge in [0, 0.05) is 0 Å². The molecule has 0 aliphatic heterocycles. The van der Waals surface area contributed by atoms with E-state index in [1.165, 1.54) is 0 Å². The molecular formula is C5H13NO2. The van der Waals surface area contributed by atoms with E-state index in [1.807, 2.05) is 6.92 Å². The minimum Gasteiger partial charge on any atom is -0.317 e. The van der Waals surface area contributed by atoms with Crippen molar-refractivity contribution in [3.8, 4) is 0 Å². The van der Waals surface area contributed by atoms with Gasteiger partial charge in [-0.15, -0.1) is 0 Å². The Balaban J connectivity index is 2.53. The maximum absolute atomic E-state index is 7.84. The van der Waals surface area contributed by atoms with Crippen LogP contribution in [0.2, 0.25) is 0 Å². The van der Waals surface area contributed by atoms with E-state index in [0.29, 0.717) is 6.61 Å². The average molecular weight is 119 g/mol. The summed E-state index contributed by atoms with van der Waals surface area (Å²) in [7, 11) is 0. The van der Waals surface area contributed by atoms with Gasteiger partial charge in [0.05, 0.1) is 6.61 Å². The fraction of sp³-hybridized carbons (Fsp3) is 1.00. The lowest BCUT2D eigenvalue weighted by molar-refractivity contribution is -0.242. The summed E-state index contributed by atoms with van der Waals surface area (Å²) in [6, 6.07) is 0. The first-order chi connectivity index (χ1) is 3.91. The predicted molar refractivity (Wildman–Crippen MR) is 31.7 cm³/mol. The Bertz CT molecular complexity index is 35.4. The highest BCUT2D eigenvalue weighted by Crippen LogP contribution is 1.74. The Hall–Kier alpha value is -0.120. The highest BCUT2D eigenvalue weighted by Gasteiger charge is 1.82. The van der Waals surface area contributed by atoms with E-state index in [2.05, 4.69) is 10.2 Å². The maximum atomic E-state index is 7.84. The smallest absolute Gasteiger partial charge is 0.0831 e. The highest BCUT2D eigenvalue weighted by atomic mass is 17.1. The van der Waals surface area contributed by atoms with Crippen LogP contribution in [0.4, 0.5) is 0 Å². The third kappa shape index (κ3) is 5.88. The summed E-state index contributed by atoms with van der Waals surface area (Å²) >= 11 is 0. The normalized spacial score (nSPS) is 9.75. The van der Waals surface area contributed by atoms with Crippen molar-refractivity contribution in [2.45, 2.75) is 13.3 Å². The van der Waals surface area contributed by atoms with E-state index in [4.69, 9.17) is 5.26 Å². The van der Waals surface area contributed by atoms with Crippen LogP contribution in [-0.4, -0.2) is 25.0 Å². The molecule has 0 unspecified atom stereocenters. The summed E-state index contributed by atoms with van der Waals surface area (Å²) in [5.41, 5.74) is 0. The van der Waals surface area contributed by atoms with Gasteiger partial charge in [-0.25, -0.2) is 4.89 Å². The molecule has 0 aromatic heterocycles. The zero-order valence-corrected chi connectivity index (χ0v) is 5.18. The first-order valence-corrected chi connectivity index (χ1v) is 2.89. The molecule has 0 radical (unpaired) electrons. The van der Waals surface area contributed by atoms with Crippen LogP contribution in [0.1, 0.15) is 13.3 Å². The molecule has 0 aromatic carbocycles. The molecule has 0 rings (SSSR count). The molecule has 2 N–H and O–H groups in total. The third-order valence-corrected chi connectivity index (χ3v) is 0.839. The van der Waals surface area contributed by atoms with Crippen molar-refractivity contribution >= 4 is 0 Å². The maximum Gasteiger partial charge on any atom is 0.0831 e. The zero-order chi connectivity index (χ0) is 6.24. The van der Waals surface area contributed by atoms with Crippen molar-refractivity contribution in [3.63, 3.8) is 0 Å². The molecule has 0 spiro atoms. The van der Waals surface area contributed by atoms with E-state index < -0.39 is 0 Å². The first kappa shape index (κ1) is 7.88. The number of nitrogens with one attached hydrogen (secondary N) is 1. The van der Waals surface area contributed by atoms with Crippen molar-refractivity contribution in [2.75, 3.05) is 19.7 Å². The summed E-state index contributed by atoms with van der Waals surface area (Å²) in [5.74, 6) is 0. The van der Waals surface area contributed by atoms with E-state index in [1.54, 1.807) is 0 Å². The van der Waals surface area contributed by atoms with Crippen LogP contribution >= 0.6 is 0 Å². The molecule has 0 aliphatic carbocycles. The van der Waals surface area contributed by atoms with Gasteiger partial charge in [0.25, 0.3) is 0 Å². The summed E-state index contributed by atoms with van der Waals surface area (Å²) in [6.45, 7) is 4.36. The molecule has 0 saturated heterocycles. The van der Waals surface area contributed by atoms with Crippen molar-refractivity contribution in [3.05, 3.63) is 0 Å². The van der Waals surface area contributed by atoms with E-state index in [0.717, 1.165) is 19.5 Å². The van der Waals surface area contributed by atoms with Crippen LogP contribution in [0.5, 0.6) is 0 Å². The highest BCUT2D eigenvalue weighted by molar-refractivity contribution is 4.40. The van der Waals surface area contributed by atoms with Crippen LogP contribution < -0.4 is 5.32 Å². The number of hydrogen-bond donors (Lipinski definition) is 2. The van der Waals surface area contributed by atoms with Crippen molar-refractivity contribution in [1.82, 2.24) is 5.32 Å². The minimum absolute atomic E-state index is 0.424. The van der Waals surface area contributed by atoms with Gasteiger partial charge in [0.1, 0.15) is 0 Å². The van der Waals surface area contributed by atoms with Gasteiger partial charge in [-0.3, -0.25) is 5.26 Å². The predicted octanol–water partition coefficient (Wildman–Crippen LogP) is 0.476. The van der Waals surface area contributed by atoms with Crippen LogP contribution in [0.3, 0.4) is 0 Å². The summed E-state index contributed by atoms with van der Waals surface area (Å²) in [4.78, 5) is 3.85. The fourth-order valence-corrected chi connectivity index (χ4v) is 0.438. The SMILES string of the molecule is CCNCCCOO. The van der Waals surface area contributed by atoms with E-state index in [-0.39, 0.29) is 0 Å². The standard InChI is InChI=1S/C5H13NO2/c1-2-6-4-3-5-8-7/h6-7H,2-5H2,1H3. The molecule has 0 saturated carbocycles. The Labute approximate surface area is 49.6 Å². The molecule has 0 aliphatic rings. The lowest BCUT2D eigenvalue weighted by atomic mass is 10.4. The van der Waals surface area contributed by atoms with Gasteiger partial charge in [-0.2, -0.15) is 0 Å². The summed E-state index contributed by atoms with van der Waals surface area (Å²) in [5, 5.41) is 10.9. The van der Waals surface area contributed by atoms with E-state index in [9.17, 15) is 0 Å². The van der Waals surface area contributed by atoms with E-state index >= 15 is 0 Å². The largest absolute Gasteiger partial charge is 0.317 e. The van der Waals surface area contributed by atoms with Gasteiger partial charge in [-0.05, 0) is 19.5 Å². The van der Waals surface area contributed by atoms with Gasteiger partial charge in [0.2, 0.25) is 0 Å². The monoisotopic (exact) mass is 119 g/mol. The van der Waals surface area contributed by atoms with Crippen molar-refractivity contribution < 1.29 is 10.1 Å². The lowest BCUT2D eigenvalue weighted by Gasteiger charge is -1.96. The summed E-state index contributed by atoms with van der Waals surface area (Å²) in [6.07, 6.45) is 0.865. The minimum atomic E-state index is 0.424. The van der Waals surface area contributed by atoms with Crippen LogP contribution in [0.15, 0.2) is 0 Å². The van der Waals surface area contributed by atoms with Gasteiger partial charge < -0.3 is 5.32 Å². The molecule has 3 heteroatoms. The Morgan fingerprint density at radius 1 is 1.62 bits per heavy atom. The quantitative estimate of drug-likeness (QED) is 0.314. The van der Waals surface area contributed by atoms with Gasteiger partial charge in [0.15, 0.2) is 0 Å². The topological polar surface area (TPSA) is 41.5 Å². The Morgan fingerprint density at radius 2 is 2.38 bits per heavy atom. The second kappa shape index (κ2) is 6.88. The Morgan fingerprint density at radius 3 is 2.88 bits per heavy atom. The molecule has 0 amide bonds. The molecular weight excluding hydrogens is 106 g/mol. The zero-order valence-electron chi connectivity index (χ0n) is 5.18.